The second-order valence-corrected chi connectivity index (χ2v) is 5.10. The Labute approximate surface area is 134 Å². The van der Waals surface area contributed by atoms with Gasteiger partial charge in [0.2, 0.25) is 0 Å². The first-order valence-electron chi connectivity index (χ1n) is 7.29. The first kappa shape index (κ1) is 18.6. The predicted octanol–water partition coefficient (Wildman–Crippen LogP) is 0.879. The number of carboxylic acid groups (broad SMARTS) is 1. The van der Waals surface area contributed by atoms with E-state index in [-0.39, 0.29) is 13.0 Å². The normalized spacial score (nSPS) is 14.4. The highest BCUT2D eigenvalue weighted by atomic mass is 16.5. The number of benzene rings is 1. The number of hydrogen-bond acceptors (Lipinski definition) is 5. The smallest absolute Gasteiger partial charge is 0.326 e. The molecule has 23 heavy (non-hydrogen) atoms. The summed E-state index contributed by atoms with van der Waals surface area (Å²) in [5, 5.41) is 21.4. The van der Waals surface area contributed by atoms with Crippen LogP contribution in [0, 0.1) is 5.92 Å². The molecule has 0 saturated carbocycles. The number of aliphatic hydroxyl groups is 1. The van der Waals surface area contributed by atoms with Crippen molar-refractivity contribution in [3.63, 3.8) is 0 Å². The van der Waals surface area contributed by atoms with E-state index < -0.39 is 35.9 Å². The van der Waals surface area contributed by atoms with Crippen LogP contribution in [0.1, 0.15) is 31.9 Å². The number of aliphatic carboxylic acids is 1. The Morgan fingerprint density at radius 2 is 1.83 bits per heavy atom. The quantitative estimate of drug-likeness (QED) is 0.612. The van der Waals surface area contributed by atoms with Crippen LogP contribution in [-0.4, -0.2) is 40.7 Å². The van der Waals surface area contributed by atoms with Crippen LogP contribution in [0.4, 0.5) is 0 Å². The average Bonchev–Trinajstić information content (AvgIpc) is 2.54. The van der Waals surface area contributed by atoms with Gasteiger partial charge in [-0.05, 0) is 18.9 Å². The van der Waals surface area contributed by atoms with Gasteiger partial charge < -0.3 is 20.3 Å². The molecule has 0 radical (unpaired) electrons. The van der Waals surface area contributed by atoms with Crippen molar-refractivity contribution in [1.82, 2.24) is 5.32 Å². The molecule has 0 aliphatic rings. The molecule has 0 fully saturated rings. The van der Waals surface area contributed by atoms with Gasteiger partial charge in [0.1, 0.15) is 6.04 Å². The van der Waals surface area contributed by atoms with Crippen LogP contribution < -0.4 is 5.32 Å². The monoisotopic (exact) mass is 323 g/mol. The SMILES string of the molecule is CCOC(=O)[C@@H](C)C[C@H](NC(=O)[C@@H](O)c1ccccc1)C(=O)O. The number of hydrogen-bond donors (Lipinski definition) is 3. The maximum Gasteiger partial charge on any atom is 0.326 e. The third-order valence-corrected chi connectivity index (χ3v) is 3.26. The van der Waals surface area contributed by atoms with E-state index in [0.717, 1.165) is 0 Å². The van der Waals surface area contributed by atoms with Gasteiger partial charge in [-0.1, -0.05) is 37.3 Å². The van der Waals surface area contributed by atoms with E-state index in [0.29, 0.717) is 5.56 Å². The molecule has 7 nitrogen and oxygen atoms in total. The lowest BCUT2D eigenvalue weighted by atomic mass is 10.0. The lowest BCUT2D eigenvalue weighted by Gasteiger charge is -2.20. The molecule has 0 aliphatic carbocycles. The van der Waals surface area contributed by atoms with Gasteiger partial charge >= 0.3 is 11.9 Å². The molecule has 0 heterocycles. The summed E-state index contributed by atoms with van der Waals surface area (Å²) in [6.07, 6.45) is -1.60. The fourth-order valence-electron chi connectivity index (χ4n) is 1.99. The lowest BCUT2D eigenvalue weighted by Crippen LogP contribution is -2.44. The van der Waals surface area contributed by atoms with Crippen LogP contribution in [0.2, 0.25) is 0 Å². The summed E-state index contributed by atoms with van der Waals surface area (Å²) in [6.45, 7) is 3.37. The van der Waals surface area contributed by atoms with Gasteiger partial charge in [0.25, 0.3) is 5.91 Å². The molecule has 0 aromatic heterocycles. The van der Waals surface area contributed by atoms with E-state index in [9.17, 15) is 24.6 Å². The first-order valence-corrected chi connectivity index (χ1v) is 7.29. The van der Waals surface area contributed by atoms with E-state index in [1.165, 1.54) is 6.92 Å². The van der Waals surface area contributed by atoms with Crippen molar-refractivity contribution < 1.29 is 29.3 Å². The van der Waals surface area contributed by atoms with Gasteiger partial charge in [0, 0.05) is 0 Å². The molecule has 0 aliphatic heterocycles. The number of rotatable bonds is 8. The number of amides is 1. The van der Waals surface area contributed by atoms with Crippen LogP contribution in [-0.2, 0) is 19.1 Å². The molecule has 126 valence electrons. The molecular weight excluding hydrogens is 302 g/mol. The van der Waals surface area contributed by atoms with Crippen molar-refractivity contribution >= 4 is 17.8 Å². The summed E-state index contributed by atoms with van der Waals surface area (Å²) in [4.78, 5) is 34.8. The van der Waals surface area contributed by atoms with Gasteiger partial charge in [-0.25, -0.2) is 4.79 Å². The molecular formula is C16H21NO6. The predicted molar refractivity (Wildman–Crippen MR) is 81.4 cm³/mol. The van der Waals surface area contributed by atoms with E-state index in [1.54, 1.807) is 37.3 Å². The fourth-order valence-corrected chi connectivity index (χ4v) is 1.99. The largest absolute Gasteiger partial charge is 0.480 e. The van der Waals surface area contributed by atoms with Crippen LogP contribution in [0.5, 0.6) is 0 Å². The molecule has 0 spiro atoms. The number of nitrogens with one attached hydrogen (secondary N) is 1. The van der Waals surface area contributed by atoms with Crippen molar-refractivity contribution in [3.05, 3.63) is 35.9 Å². The maximum atomic E-state index is 12.0. The summed E-state index contributed by atoms with van der Waals surface area (Å²) in [5.74, 6) is -3.34. The Balaban J connectivity index is 2.70. The van der Waals surface area contributed by atoms with Gasteiger partial charge in [0.15, 0.2) is 6.10 Å². The van der Waals surface area contributed by atoms with Crippen LogP contribution in [0.25, 0.3) is 0 Å². The summed E-state index contributed by atoms with van der Waals surface area (Å²) >= 11 is 0. The second-order valence-electron chi connectivity index (χ2n) is 5.10. The Morgan fingerprint density at radius 1 is 1.22 bits per heavy atom. The molecule has 3 atom stereocenters. The summed E-state index contributed by atoms with van der Waals surface area (Å²) < 4.78 is 4.81. The van der Waals surface area contributed by atoms with Crippen LogP contribution in [0.15, 0.2) is 30.3 Å². The minimum absolute atomic E-state index is 0.124. The van der Waals surface area contributed by atoms with Gasteiger partial charge in [-0.2, -0.15) is 0 Å². The van der Waals surface area contributed by atoms with E-state index in [4.69, 9.17) is 4.74 Å². The van der Waals surface area contributed by atoms with Crippen molar-refractivity contribution in [1.29, 1.82) is 0 Å². The maximum absolute atomic E-state index is 12.0. The van der Waals surface area contributed by atoms with Crippen molar-refractivity contribution in [2.24, 2.45) is 5.92 Å². The standard InChI is InChI=1S/C16H21NO6/c1-3-23-16(22)10(2)9-12(15(20)21)17-14(19)13(18)11-7-5-4-6-8-11/h4-8,10,12-13,18H,3,9H2,1-2H3,(H,17,19)(H,20,21)/t10-,12-,13-/m0/s1. The zero-order valence-corrected chi connectivity index (χ0v) is 13.1. The average molecular weight is 323 g/mol. The molecule has 0 saturated heterocycles. The molecule has 1 aromatic rings. The molecule has 0 unspecified atom stereocenters. The Hall–Kier alpha value is -2.41. The van der Waals surface area contributed by atoms with E-state index in [2.05, 4.69) is 5.32 Å². The Kier molecular flexibility index (Phi) is 7.21. The number of esters is 1. The molecule has 1 amide bonds. The number of ether oxygens (including phenoxy) is 1. The fraction of sp³-hybridized carbons (Fsp3) is 0.438. The zero-order valence-electron chi connectivity index (χ0n) is 13.1. The molecule has 1 aromatic carbocycles. The van der Waals surface area contributed by atoms with Crippen molar-refractivity contribution in [2.75, 3.05) is 6.61 Å². The number of carbonyl (C=O) groups is 3. The van der Waals surface area contributed by atoms with Crippen LogP contribution in [0.3, 0.4) is 0 Å². The van der Waals surface area contributed by atoms with Crippen LogP contribution >= 0.6 is 0 Å². The second kappa shape index (κ2) is 8.89. The van der Waals surface area contributed by atoms with Gasteiger partial charge in [-0.3, -0.25) is 9.59 Å². The molecule has 1 rings (SSSR count). The Morgan fingerprint density at radius 3 is 2.35 bits per heavy atom. The molecule has 0 bridgehead atoms. The minimum Gasteiger partial charge on any atom is -0.480 e. The summed E-state index contributed by atoms with van der Waals surface area (Å²) in [5.41, 5.74) is 0.354. The number of carboxylic acids is 1. The van der Waals surface area contributed by atoms with E-state index >= 15 is 0 Å². The minimum atomic E-state index is -1.48. The third-order valence-electron chi connectivity index (χ3n) is 3.26. The summed E-state index contributed by atoms with van der Waals surface area (Å²) in [6, 6.07) is 6.87. The third kappa shape index (κ3) is 5.71. The highest BCUT2D eigenvalue weighted by Gasteiger charge is 2.28. The zero-order chi connectivity index (χ0) is 17.4. The van der Waals surface area contributed by atoms with Crippen molar-refractivity contribution in [3.8, 4) is 0 Å². The number of carbonyl (C=O) groups excluding carboxylic acids is 2. The number of aliphatic hydroxyl groups excluding tert-OH is 1. The Bertz CT molecular complexity index is 545. The molecule has 3 N–H and O–H groups in total. The lowest BCUT2D eigenvalue weighted by molar-refractivity contribution is -0.149. The highest BCUT2D eigenvalue weighted by Crippen LogP contribution is 2.14. The van der Waals surface area contributed by atoms with Gasteiger partial charge in [0.05, 0.1) is 12.5 Å². The van der Waals surface area contributed by atoms with Gasteiger partial charge in [-0.15, -0.1) is 0 Å². The first-order chi connectivity index (χ1) is 10.9. The highest BCUT2D eigenvalue weighted by molar-refractivity contribution is 5.87. The van der Waals surface area contributed by atoms with Crippen molar-refractivity contribution in [2.45, 2.75) is 32.4 Å². The summed E-state index contributed by atoms with van der Waals surface area (Å²) in [7, 11) is 0. The van der Waals surface area contributed by atoms with E-state index in [1.807, 2.05) is 0 Å². The molecule has 7 heteroatoms. The topological polar surface area (TPSA) is 113 Å².